The summed E-state index contributed by atoms with van der Waals surface area (Å²) in [5, 5.41) is 13.0. The fraction of sp³-hybridized carbons (Fsp3) is 0. The summed E-state index contributed by atoms with van der Waals surface area (Å²) in [4.78, 5) is 29.4. The first kappa shape index (κ1) is 13.7. The molecular weight excluding hydrogens is 286 g/mol. The molecule has 0 bridgehead atoms. The number of pyridine rings is 2. The van der Waals surface area contributed by atoms with Gasteiger partial charge < -0.3 is 11.1 Å². The van der Waals surface area contributed by atoms with Crippen molar-refractivity contribution >= 4 is 34.7 Å². The molecule has 1 amide bonds. The zero-order valence-corrected chi connectivity index (χ0v) is 10.7. The van der Waals surface area contributed by atoms with Crippen LogP contribution in [0.1, 0.15) is 10.4 Å². The van der Waals surface area contributed by atoms with Gasteiger partial charge in [0.2, 0.25) is 0 Å². The minimum absolute atomic E-state index is 0.0994. The van der Waals surface area contributed by atoms with Crippen LogP contribution < -0.4 is 11.1 Å². The molecule has 102 valence electrons. The molecule has 2 rings (SSSR count). The van der Waals surface area contributed by atoms with Crippen LogP contribution in [-0.4, -0.2) is 20.8 Å². The van der Waals surface area contributed by atoms with Crippen LogP contribution in [0, 0.1) is 10.1 Å². The van der Waals surface area contributed by atoms with Gasteiger partial charge >= 0.3 is 0 Å². The second kappa shape index (κ2) is 5.49. The molecule has 3 N–H and O–H groups in total. The van der Waals surface area contributed by atoms with Gasteiger partial charge in [0, 0.05) is 6.07 Å². The number of nitro groups is 1. The van der Waals surface area contributed by atoms with Crippen molar-refractivity contribution in [1.82, 2.24) is 9.97 Å². The molecule has 0 spiro atoms. The van der Waals surface area contributed by atoms with E-state index >= 15 is 0 Å². The Morgan fingerprint density at radius 3 is 2.70 bits per heavy atom. The van der Waals surface area contributed by atoms with Gasteiger partial charge in [0.05, 0.1) is 22.4 Å². The first-order chi connectivity index (χ1) is 9.47. The van der Waals surface area contributed by atoms with Gasteiger partial charge in [0.15, 0.2) is 0 Å². The van der Waals surface area contributed by atoms with Crippen LogP contribution in [0.3, 0.4) is 0 Å². The van der Waals surface area contributed by atoms with Crippen molar-refractivity contribution in [3.63, 3.8) is 0 Å². The van der Waals surface area contributed by atoms with E-state index < -0.39 is 10.8 Å². The van der Waals surface area contributed by atoms with Gasteiger partial charge in [-0.1, -0.05) is 11.6 Å². The van der Waals surface area contributed by atoms with Gasteiger partial charge in [0.1, 0.15) is 17.2 Å². The summed E-state index contributed by atoms with van der Waals surface area (Å²) < 4.78 is 0. The summed E-state index contributed by atoms with van der Waals surface area (Å²) in [6.45, 7) is 0. The van der Waals surface area contributed by atoms with E-state index in [0.29, 0.717) is 11.5 Å². The number of nitrogens with zero attached hydrogens (tertiary/aromatic N) is 3. The Hall–Kier alpha value is -2.74. The maximum Gasteiger partial charge on any atom is 0.288 e. The predicted octanol–water partition coefficient (Wildman–Crippen LogP) is 1.87. The molecule has 0 aliphatic rings. The Morgan fingerprint density at radius 1 is 1.35 bits per heavy atom. The van der Waals surface area contributed by atoms with Gasteiger partial charge in [-0.05, 0) is 12.1 Å². The van der Waals surface area contributed by atoms with E-state index in [1.165, 1.54) is 12.3 Å². The molecule has 0 saturated carbocycles. The van der Waals surface area contributed by atoms with E-state index in [-0.39, 0.29) is 16.4 Å². The lowest BCUT2D eigenvalue weighted by Crippen LogP contribution is -2.13. The number of carbonyl (C=O) groups excluding carboxylic acids is 1. The van der Waals surface area contributed by atoms with Crippen LogP contribution in [0.2, 0.25) is 5.15 Å². The zero-order valence-electron chi connectivity index (χ0n) is 9.91. The SMILES string of the molecule is Nc1ccc(NC(=O)c2cc([N+](=O)[O-])cnc2Cl)cn1. The highest BCUT2D eigenvalue weighted by molar-refractivity contribution is 6.33. The minimum Gasteiger partial charge on any atom is -0.384 e. The lowest BCUT2D eigenvalue weighted by atomic mass is 10.2. The molecule has 0 aromatic carbocycles. The molecule has 2 aromatic rings. The summed E-state index contributed by atoms with van der Waals surface area (Å²) in [6, 6.07) is 4.09. The van der Waals surface area contributed by atoms with E-state index in [2.05, 4.69) is 15.3 Å². The van der Waals surface area contributed by atoms with E-state index in [1.54, 1.807) is 6.07 Å². The fourth-order valence-electron chi connectivity index (χ4n) is 1.37. The highest BCUT2D eigenvalue weighted by Crippen LogP contribution is 2.20. The largest absolute Gasteiger partial charge is 0.384 e. The van der Waals surface area contributed by atoms with E-state index in [4.69, 9.17) is 17.3 Å². The number of carbonyl (C=O) groups is 1. The number of nitrogens with one attached hydrogen (secondary N) is 1. The molecule has 0 atom stereocenters. The van der Waals surface area contributed by atoms with Crippen LogP contribution in [0.25, 0.3) is 0 Å². The van der Waals surface area contributed by atoms with Gasteiger partial charge in [0.25, 0.3) is 11.6 Å². The monoisotopic (exact) mass is 293 g/mol. The standard InChI is InChI=1S/C11H8ClN5O3/c12-10-8(3-7(5-15-10)17(19)20)11(18)16-6-1-2-9(13)14-4-6/h1-5H,(H2,13,14)(H,16,18). The third-order valence-electron chi connectivity index (χ3n) is 2.32. The lowest BCUT2D eigenvalue weighted by molar-refractivity contribution is -0.385. The zero-order chi connectivity index (χ0) is 14.7. The second-order valence-corrected chi connectivity index (χ2v) is 4.07. The van der Waals surface area contributed by atoms with E-state index in [1.807, 2.05) is 0 Å². The molecule has 0 unspecified atom stereocenters. The molecule has 2 heterocycles. The van der Waals surface area contributed by atoms with Crippen molar-refractivity contribution in [3.8, 4) is 0 Å². The van der Waals surface area contributed by atoms with Crippen molar-refractivity contribution in [2.24, 2.45) is 0 Å². The first-order valence-corrected chi connectivity index (χ1v) is 5.68. The van der Waals surface area contributed by atoms with Crippen LogP contribution >= 0.6 is 11.6 Å². The molecule has 0 radical (unpaired) electrons. The summed E-state index contributed by atoms with van der Waals surface area (Å²) in [7, 11) is 0. The van der Waals surface area contributed by atoms with Gasteiger partial charge in [-0.3, -0.25) is 14.9 Å². The van der Waals surface area contributed by atoms with Gasteiger partial charge in [-0.15, -0.1) is 0 Å². The minimum atomic E-state index is -0.662. The maximum absolute atomic E-state index is 12.0. The van der Waals surface area contributed by atoms with Crippen LogP contribution in [0.15, 0.2) is 30.6 Å². The number of rotatable bonds is 3. The van der Waals surface area contributed by atoms with Crippen LogP contribution in [0.4, 0.5) is 17.2 Å². The van der Waals surface area contributed by atoms with Crippen LogP contribution in [-0.2, 0) is 0 Å². The fourth-order valence-corrected chi connectivity index (χ4v) is 1.56. The maximum atomic E-state index is 12.0. The molecule has 20 heavy (non-hydrogen) atoms. The summed E-state index contributed by atoms with van der Waals surface area (Å²) in [5.41, 5.74) is 5.37. The number of hydrogen-bond acceptors (Lipinski definition) is 6. The first-order valence-electron chi connectivity index (χ1n) is 5.30. The lowest BCUT2D eigenvalue weighted by Gasteiger charge is -2.06. The number of amides is 1. The van der Waals surface area contributed by atoms with Gasteiger partial charge in [-0.2, -0.15) is 0 Å². The molecule has 0 saturated heterocycles. The molecule has 8 nitrogen and oxygen atoms in total. The Kier molecular flexibility index (Phi) is 3.76. The van der Waals surface area contributed by atoms with Gasteiger partial charge in [-0.25, -0.2) is 9.97 Å². The molecule has 9 heteroatoms. The third-order valence-corrected chi connectivity index (χ3v) is 2.63. The topological polar surface area (TPSA) is 124 Å². The number of nitrogen functional groups attached to an aromatic ring is 1. The quantitative estimate of drug-likeness (QED) is 0.505. The summed E-state index contributed by atoms with van der Waals surface area (Å²) in [6.07, 6.45) is 2.33. The summed E-state index contributed by atoms with van der Waals surface area (Å²) >= 11 is 5.76. The summed E-state index contributed by atoms with van der Waals surface area (Å²) in [5.74, 6) is -0.323. The van der Waals surface area contributed by atoms with Crippen molar-refractivity contribution in [3.05, 3.63) is 51.4 Å². The van der Waals surface area contributed by atoms with Crippen molar-refractivity contribution < 1.29 is 9.72 Å². The van der Waals surface area contributed by atoms with Crippen LogP contribution in [0.5, 0.6) is 0 Å². The number of aromatic nitrogens is 2. The highest BCUT2D eigenvalue weighted by atomic mass is 35.5. The van der Waals surface area contributed by atoms with E-state index in [0.717, 1.165) is 12.3 Å². The average molecular weight is 294 g/mol. The number of nitrogens with two attached hydrogens (primary N) is 1. The number of hydrogen-bond donors (Lipinski definition) is 2. The van der Waals surface area contributed by atoms with Crippen molar-refractivity contribution in [1.29, 1.82) is 0 Å². The Morgan fingerprint density at radius 2 is 2.10 bits per heavy atom. The molecule has 0 aliphatic heterocycles. The smallest absolute Gasteiger partial charge is 0.288 e. The molecular formula is C11H8ClN5O3. The average Bonchev–Trinajstić information content (AvgIpc) is 2.41. The van der Waals surface area contributed by atoms with E-state index in [9.17, 15) is 14.9 Å². The molecule has 2 aromatic heterocycles. The Bertz CT molecular complexity index is 674. The molecule has 0 fully saturated rings. The Labute approximate surface area is 117 Å². The molecule has 0 aliphatic carbocycles. The second-order valence-electron chi connectivity index (χ2n) is 3.71. The number of anilines is 2. The highest BCUT2D eigenvalue weighted by Gasteiger charge is 2.17. The predicted molar refractivity (Wildman–Crippen MR) is 72.5 cm³/mol. The van der Waals surface area contributed by atoms with Crippen molar-refractivity contribution in [2.75, 3.05) is 11.1 Å². The number of halogens is 1. The Balaban J connectivity index is 2.26. The van der Waals surface area contributed by atoms with Crippen molar-refractivity contribution in [2.45, 2.75) is 0 Å². The third kappa shape index (κ3) is 2.98. The normalized spacial score (nSPS) is 10.1.